The van der Waals surface area contributed by atoms with Crippen molar-refractivity contribution in [3.05, 3.63) is 42.2 Å². The molecule has 122 valence electrons. The number of aromatic nitrogens is 2. The van der Waals surface area contributed by atoms with Gasteiger partial charge in [0.05, 0.1) is 17.7 Å². The Bertz CT molecular complexity index is 673. The molecule has 1 heterocycles. The maximum absolute atomic E-state index is 12.0. The quantitative estimate of drug-likeness (QED) is 0.657. The van der Waals surface area contributed by atoms with E-state index >= 15 is 0 Å². The number of esters is 1. The van der Waals surface area contributed by atoms with Crippen LogP contribution in [0.1, 0.15) is 37.0 Å². The number of hydrogen-bond donors (Lipinski definition) is 1. The molecule has 2 rings (SSSR count). The Balaban J connectivity index is 1.97. The van der Waals surface area contributed by atoms with E-state index in [4.69, 9.17) is 4.74 Å². The number of benzene rings is 1. The smallest absolute Gasteiger partial charge is 0.314 e. The lowest BCUT2D eigenvalue weighted by Gasteiger charge is -2.12. The van der Waals surface area contributed by atoms with Crippen molar-refractivity contribution in [3.63, 3.8) is 0 Å². The average molecular weight is 315 g/mol. The highest BCUT2D eigenvalue weighted by Crippen LogP contribution is 2.19. The second-order valence-corrected chi connectivity index (χ2v) is 5.32. The molecule has 1 aromatic heterocycles. The van der Waals surface area contributed by atoms with Gasteiger partial charge in [-0.15, -0.1) is 0 Å². The Hall–Kier alpha value is -2.63. The van der Waals surface area contributed by atoms with Gasteiger partial charge >= 0.3 is 5.97 Å². The largest absolute Gasteiger partial charge is 0.426 e. The number of hydrogen-bond acceptors (Lipinski definition) is 4. The van der Waals surface area contributed by atoms with Crippen LogP contribution in [-0.4, -0.2) is 21.7 Å². The topological polar surface area (TPSA) is 73.2 Å². The summed E-state index contributed by atoms with van der Waals surface area (Å²) in [4.78, 5) is 23.9. The average Bonchev–Trinajstić information content (AvgIpc) is 2.97. The molecular formula is C17H21N3O3. The van der Waals surface area contributed by atoms with Crippen molar-refractivity contribution in [2.24, 2.45) is 13.0 Å². The van der Waals surface area contributed by atoms with Crippen molar-refractivity contribution in [1.82, 2.24) is 9.78 Å². The van der Waals surface area contributed by atoms with Gasteiger partial charge in [-0.25, -0.2) is 0 Å². The maximum Gasteiger partial charge on any atom is 0.314 e. The summed E-state index contributed by atoms with van der Waals surface area (Å²) in [6.07, 6.45) is 4.66. The monoisotopic (exact) mass is 315 g/mol. The molecule has 0 saturated carbocycles. The summed E-state index contributed by atoms with van der Waals surface area (Å²) >= 11 is 0. The van der Waals surface area contributed by atoms with E-state index in [0.717, 1.165) is 12.8 Å². The van der Waals surface area contributed by atoms with Gasteiger partial charge in [0.1, 0.15) is 5.75 Å². The van der Waals surface area contributed by atoms with Gasteiger partial charge in [-0.3, -0.25) is 14.3 Å². The van der Waals surface area contributed by atoms with Crippen LogP contribution in [0.4, 0.5) is 5.69 Å². The van der Waals surface area contributed by atoms with Crippen molar-refractivity contribution in [3.8, 4) is 5.75 Å². The highest BCUT2D eigenvalue weighted by atomic mass is 16.5. The SMILES string of the molecule is CCC(CC)C(=O)Oc1ccc(NC(=O)c2cnn(C)c2)cc1. The number of rotatable bonds is 6. The third-order valence-corrected chi connectivity index (χ3v) is 3.62. The Morgan fingerprint density at radius 3 is 2.39 bits per heavy atom. The molecule has 0 fully saturated rings. The molecule has 6 nitrogen and oxygen atoms in total. The van der Waals surface area contributed by atoms with E-state index < -0.39 is 0 Å². The first-order valence-corrected chi connectivity index (χ1v) is 7.65. The Kier molecular flexibility index (Phi) is 5.51. The molecule has 0 unspecified atom stereocenters. The molecule has 1 aromatic carbocycles. The van der Waals surface area contributed by atoms with Gasteiger partial charge in [0, 0.05) is 18.9 Å². The number of anilines is 1. The number of carbonyl (C=O) groups excluding carboxylic acids is 2. The minimum Gasteiger partial charge on any atom is -0.426 e. The van der Waals surface area contributed by atoms with Gasteiger partial charge in [-0.2, -0.15) is 5.10 Å². The van der Waals surface area contributed by atoms with Gasteiger partial charge < -0.3 is 10.1 Å². The first-order valence-electron chi connectivity index (χ1n) is 7.65. The van der Waals surface area contributed by atoms with Crippen LogP contribution in [0.3, 0.4) is 0 Å². The number of amides is 1. The summed E-state index contributed by atoms with van der Waals surface area (Å²) in [5.74, 6) is -0.0664. The normalized spacial score (nSPS) is 10.6. The third-order valence-electron chi connectivity index (χ3n) is 3.62. The zero-order valence-electron chi connectivity index (χ0n) is 13.6. The summed E-state index contributed by atoms with van der Waals surface area (Å²) in [5.41, 5.74) is 1.11. The maximum atomic E-state index is 12.0. The molecular weight excluding hydrogens is 294 g/mol. The first kappa shape index (κ1) is 16.7. The van der Waals surface area contributed by atoms with E-state index in [1.807, 2.05) is 13.8 Å². The summed E-state index contributed by atoms with van der Waals surface area (Å²) in [6, 6.07) is 6.73. The molecule has 0 aliphatic carbocycles. The number of nitrogens with one attached hydrogen (secondary N) is 1. The van der Waals surface area contributed by atoms with Crippen LogP contribution in [0.15, 0.2) is 36.7 Å². The van der Waals surface area contributed by atoms with E-state index in [0.29, 0.717) is 17.0 Å². The van der Waals surface area contributed by atoms with Crippen LogP contribution in [0, 0.1) is 5.92 Å². The van der Waals surface area contributed by atoms with Gasteiger partial charge in [0.25, 0.3) is 5.91 Å². The number of carbonyl (C=O) groups is 2. The number of ether oxygens (including phenoxy) is 1. The number of nitrogens with zero attached hydrogens (tertiary/aromatic N) is 2. The van der Waals surface area contributed by atoms with E-state index in [-0.39, 0.29) is 17.8 Å². The lowest BCUT2D eigenvalue weighted by molar-refractivity contribution is -0.139. The second kappa shape index (κ2) is 7.58. The lowest BCUT2D eigenvalue weighted by atomic mass is 10.0. The zero-order chi connectivity index (χ0) is 16.8. The Labute approximate surface area is 135 Å². The van der Waals surface area contributed by atoms with E-state index in [2.05, 4.69) is 10.4 Å². The Morgan fingerprint density at radius 1 is 1.22 bits per heavy atom. The molecule has 6 heteroatoms. The minimum atomic E-state index is -0.236. The van der Waals surface area contributed by atoms with E-state index in [1.165, 1.54) is 6.20 Å². The van der Waals surface area contributed by atoms with Crippen molar-refractivity contribution >= 4 is 17.6 Å². The standard InChI is InChI=1S/C17H21N3O3/c1-4-12(5-2)17(22)23-15-8-6-14(7-9-15)19-16(21)13-10-18-20(3)11-13/h6-12H,4-5H2,1-3H3,(H,19,21). The van der Waals surface area contributed by atoms with Crippen LogP contribution in [-0.2, 0) is 11.8 Å². The van der Waals surface area contributed by atoms with Crippen LogP contribution in [0.25, 0.3) is 0 Å². The van der Waals surface area contributed by atoms with Crippen LogP contribution in [0.2, 0.25) is 0 Å². The summed E-state index contributed by atoms with van der Waals surface area (Å²) in [5, 5.41) is 6.72. The molecule has 1 amide bonds. The van der Waals surface area contributed by atoms with Crippen LogP contribution in [0.5, 0.6) is 5.75 Å². The molecule has 0 bridgehead atoms. The Morgan fingerprint density at radius 2 is 1.87 bits per heavy atom. The van der Waals surface area contributed by atoms with Crippen LogP contribution < -0.4 is 10.1 Å². The highest BCUT2D eigenvalue weighted by molar-refractivity contribution is 6.03. The first-order chi connectivity index (χ1) is 11.0. The fraction of sp³-hybridized carbons (Fsp3) is 0.353. The van der Waals surface area contributed by atoms with E-state index in [1.54, 1.807) is 42.2 Å². The molecule has 2 aromatic rings. The molecule has 0 aliphatic heterocycles. The molecule has 0 aliphatic rings. The van der Waals surface area contributed by atoms with Gasteiger partial charge in [-0.1, -0.05) is 13.8 Å². The fourth-order valence-electron chi connectivity index (χ4n) is 2.17. The molecule has 1 N–H and O–H groups in total. The van der Waals surface area contributed by atoms with E-state index in [9.17, 15) is 9.59 Å². The van der Waals surface area contributed by atoms with Gasteiger partial charge in [0.15, 0.2) is 0 Å². The highest BCUT2D eigenvalue weighted by Gasteiger charge is 2.16. The van der Waals surface area contributed by atoms with Crippen molar-refractivity contribution in [1.29, 1.82) is 0 Å². The fourth-order valence-corrected chi connectivity index (χ4v) is 2.17. The van der Waals surface area contributed by atoms with Gasteiger partial charge in [0.2, 0.25) is 0 Å². The lowest BCUT2D eigenvalue weighted by Crippen LogP contribution is -2.19. The van der Waals surface area contributed by atoms with Gasteiger partial charge in [-0.05, 0) is 37.1 Å². The second-order valence-electron chi connectivity index (χ2n) is 5.32. The summed E-state index contributed by atoms with van der Waals surface area (Å²) in [7, 11) is 1.75. The summed E-state index contributed by atoms with van der Waals surface area (Å²) in [6.45, 7) is 3.93. The summed E-state index contributed by atoms with van der Waals surface area (Å²) < 4.78 is 6.91. The van der Waals surface area contributed by atoms with Crippen molar-refractivity contribution < 1.29 is 14.3 Å². The molecule has 0 atom stereocenters. The van der Waals surface area contributed by atoms with Crippen molar-refractivity contribution in [2.75, 3.05) is 5.32 Å². The third kappa shape index (κ3) is 4.42. The predicted octanol–water partition coefficient (Wildman–Crippen LogP) is 3.01. The molecule has 23 heavy (non-hydrogen) atoms. The molecule has 0 saturated heterocycles. The predicted molar refractivity (Wildman–Crippen MR) is 87.3 cm³/mol. The van der Waals surface area contributed by atoms with Crippen LogP contribution >= 0.6 is 0 Å². The zero-order valence-corrected chi connectivity index (χ0v) is 13.6. The molecule has 0 spiro atoms. The molecule has 0 radical (unpaired) electrons. The van der Waals surface area contributed by atoms with Crippen molar-refractivity contribution in [2.45, 2.75) is 26.7 Å². The number of aryl methyl sites for hydroxylation is 1. The minimum absolute atomic E-state index is 0.0834.